The van der Waals surface area contributed by atoms with Gasteiger partial charge in [0.1, 0.15) is 5.58 Å². The van der Waals surface area contributed by atoms with Crippen molar-refractivity contribution in [3.8, 4) is 11.5 Å². The lowest BCUT2D eigenvalue weighted by atomic mass is 10.2. The van der Waals surface area contributed by atoms with Gasteiger partial charge in [0.15, 0.2) is 17.3 Å². The maximum atomic E-state index is 12.3. The van der Waals surface area contributed by atoms with Gasteiger partial charge < -0.3 is 13.9 Å². The Morgan fingerprint density at radius 3 is 2.75 bits per heavy atom. The van der Waals surface area contributed by atoms with Gasteiger partial charge in [-0.3, -0.25) is 4.79 Å². The van der Waals surface area contributed by atoms with Crippen LogP contribution in [0.3, 0.4) is 0 Å². The quantitative estimate of drug-likeness (QED) is 0.324. The second-order valence-corrected chi connectivity index (χ2v) is 7.75. The average molecular weight is 531 g/mol. The first kappa shape index (κ1) is 20.7. The summed E-state index contributed by atoms with van der Waals surface area (Å²) in [5.74, 6) is 0.717. The van der Waals surface area contributed by atoms with Crippen LogP contribution in [0.2, 0.25) is 5.02 Å². The number of rotatable bonds is 6. The number of hydrogen-bond donors (Lipinski definition) is 1. The Bertz CT molecular complexity index is 1070. The zero-order valence-corrected chi connectivity index (χ0v) is 18.8. The fourth-order valence-corrected chi connectivity index (χ4v) is 4.02. The number of carbonyl (C=O) groups excluding carboxylic acids is 1. The molecule has 1 amide bonds. The molecular weight excluding hydrogens is 515 g/mol. The summed E-state index contributed by atoms with van der Waals surface area (Å²) in [7, 11) is 1.53. The third-order valence-corrected chi connectivity index (χ3v) is 5.09. The van der Waals surface area contributed by atoms with Gasteiger partial charge in [-0.1, -0.05) is 27.5 Å². The molecule has 0 aliphatic rings. The van der Waals surface area contributed by atoms with Crippen molar-refractivity contribution in [1.29, 1.82) is 0 Å². The number of halogens is 3. The van der Waals surface area contributed by atoms with E-state index in [-0.39, 0.29) is 5.76 Å². The zero-order chi connectivity index (χ0) is 20.3. The summed E-state index contributed by atoms with van der Waals surface area (Å²) in [5.41, 5.74) is 3.58. The van der Waals surface area contributed by atoms with Crippen LogP contribution in [0.1, 0.15) is 23.0 Å². The molecule has 0 aliphatic carbocycles. The van der Waals surface area contributed by atoms with Gasteiger partial charge >= 0.3 is 5.91 Å². The largest absolute Gasteiger partial charge is 0.493 e. The van der Waals surface area contributed by atoms with Crippen LogP contribution in [0.25, 0.3) is 11.0 Å². The summed E-state index contributed by atoms with van der Waals surface area (Å²) >= 11 is 13.0. The molecule has 9 heteroatoms. The summed E-state index contributed by atoms with van der Waals surface area (Å²) in [6.07, 6.45) is 1.43. The first-order valence-corrected chi connectivity index (χ1v) is 10.1. The summed E-state index contributed by atoms with van der Waals surface area (Å²) in [6.45, 7) is 2.34. The molecule has 0 unspecified atom stereocenters. The molecule has 0 atom stereocenters. The van der Waals surface area contributed by atoms with E-state index in [0.29, 0.717) is 34.3 Å². The number of nitrogens with zero attached hydrogens (tertiary/aromatic N) is 1. The first-order valence-electron chi connectivity index (χ1n) is 8.15. The standard InChI is InChI=1S/C19H15Br2ClN2O4/c1-3-27-16-6-11(14(22)8-15(16)26-2)9-23-24-19(25)17-5-10-4-12(20)7-13(21)18(10)28-17/h4-9H,3H2,1-2H3,(H,24,25)/b23-9-. The second kappa shape index (κ2) is 8.98. The monoisotopic (exact) mass is 528 g/mol. The molecule has 0 radical (unpaired) electrons. The third kappa shape index (κ3) is 4.51. The van der Waals surface area contributed by atoms with Crippen molar-refractivity contribution in [1.82, 2.24) is 5.43 Å². The smallest absolute Gasteiger partial charge is 0.307 e. The molecule has 3 rings (SSSR count). The van der Waals surface area contributed by atoms with E-state index in [9.17, 15) is 4.79 Å². The van der Waals surface area contributed by atoms with E-state index in [0.717, 1.165) is 14.3 Å². The highest BCUT2D eigenvalue weighted by Gasteiger charge is 2.14. The Labute approximate surface area is 183 Å². The maximum absolute atomic E-state index is 12.3. The van der Waals surface area contributed by atoms with E-state index >= 15 is 0 Å². The van der Waals surface area contributed by atoms with E-state index in [2.05, 4.69) is 42.4 Å². The molecule has 146 valence electrons. The topological polar surface area (TPSA) is 73.1 Å². The van der Waals surface area contributed by atoms with Crippen molar-refractivity contribution in [2.75, 3.05) is 13.7 Å². The van der Waals surface area contributed by atoms with Crippen LogP contribution in [0.15, 0.2) is 48.8 Å². The highest BCUT2D eigenvalue weighted by molar-refractivity contribution is 9.11. The molecule has 28 heavy (non-hydrogen) atoms. The molecule has 0 spiro atoms. The van der Waals surface area contributed by atoms with Crippen molar-refractivity contribution in [3.63, 3.8) is 0 Å². The van der Waals surface area contributed by atoms with Crippen LogP contribution < -0.4 is 14.9 Å². The molecule has 0 bridgehead atoms. The van der Waals surface area contributed by atoms with E-state index in [4.69, 9.17) is 25.5 Å². The molecule has 1 aromatic heterocycles. The highest BCUT2D eigenvalue weighted by atomic mass is 79.9. The van der Waals surface area contributed by atoms with Gasteiger partial charge in [-0.05, 0) is 47.1 Å². The number of carbonyl (C=O) groups is 1. The van der Waals surface area contributed by atoms with Crippen molar-refractivity contribution in [2.45, 2.75) is 6.92 Å². The van der Waals surface area contributed by atoms with Crippen LogP contribution in [-0.4, -0.2) is 25.8 Å². The maximum Gasteiger partial charge on any atom is 0.307 e. The van der Waals surface area contributed by atoms with Gasteiger partial charge in [0, 0.05) is 21.5 Å². The second-order valence-electron chi connectivity index (χ2n) is 5.57. The number of fused-ring (bicyclic) bond motifs is 1. The lowest BCUT2D eigenvalue weighted by Gasteiger charge is -2.11. The summed E-state index contributed by atoms with van der Waals surface area (Å²) in [4.78, 5) is 12.3. The molecule has 0 saturated carbocycles. The number of hydrogen-bond acceptors (Lipinski definition) is 5. The molecule has 3 aromatic rings. The van der Waals surface area contributed by atoms with Crippen LogP contribution >= 0.6 is 43.5 Å². The predicted octanol–water partition coefficient (Wildman–Crippen LogP) is 5.78. The molecule has 1 heterocycles. The fraction of sp³-hybridized carbons (Fsp3) is 0.158. The summed E-state index contributed by atoms with van der Waals surface area (Å²) in [6, 6.07) is 8.66. The number of methoxy groups -OCH3 is 1. The van der Waals surface area contributed by atoms with E-state index in [1.165, 1.54) is 13.3 Å². The lowest BCUT2D eigenvalue weighted by Crippen LogP contribution is -2.16. The van der Waals surface area contributed by atoms with Crippen LogP contribution in [0, 0.1) is 0 Å². The summed E-state index contributed by atoms with van der Waals surface area (Å²) < 4.78 is 18.0. The lowest BCUT2D eigenvalue weighted by molar-refractivity contribution is 0.0929. The minimum atomic E-state index is -0.481. The number of ether oxygens (including phenoxy) is 2. The Morgan fingerprint density at radius 2 is 2.04 bits per heavy atom. The van der Waals surface area contributed by atoms with E-state index in [1.807, 2.05) is 19.1 Å². The predicted molar refractivity (Wildman–Crippen MR) is 116 cm³/mol. The van der Waals surface area contributed by atoms with Crippen molar-refractivity contribution in [2.24, 2.45) is 5.10 Å². The van der Waals surface area contributed by atoms with Gasteiger partial charge in [0.05, 0.1) is 29.4 Å². The van der Waals surface area contributed by atoms with Gasteiger partial charge in [0.2, 0.25) is 0 Å². The normalized spacial score (nSPS) is 11.2. The average Bonchev–Trinajstić information content (AvgIpc) is 3.08. The number of benzene rings is 2. The molecule has 0 aliphatic heterocycles. The minimum absolute atomic E-state index is 0.141. The number of hydrazone groups is 1. The summed E-state index contributed by atoms with van der Waals surface area (Å²) in [5, 5.41) is 5.16. The SMILES string of the molecule is CCOc1cc(/C=N\NC(=O)c2cc3cc(Br)cc(Br)c3o2)c(Cl)cc1OC. The van der Waals surface area contributed by atoms with Crippen LogP contribution in [0.4, 0.5) is 0 Å². The molecule has 0 saturated heterocycles. The molecule has 0 fully saturated rings. The Kier molecular flexibility index (Phi) is 6.64. The molecular formula is C19H15Br2ClN2O4. The van der Waals surface area contributed by atoms with Crippen LogP contribution in [-0.2, 0) is 0 Å². The fourth-order valence-electron chi connectivity index (χ4n) is 2.48. The van der Waals surface area contributed by atoms with Crippen molar-refractivity contribution < 1.29 is 18.7 Å². The Hall–Kier alpha value is -2.03. The first-order chi connectivity index (χ1) is 13.4. The van der Waals surface area contributed by atoms with E-state index in [1.54, 1.807) is 18.2 Å². The van der Waals surface area contributed by atoms with Gasteiger partial charge in [0.25, 0.3) is 0 Å². The zero-order valence-electron chi connectivity index (χ0n) is 14.9. The molecule has 2 aromatic carbocycles. The molecule has 6 nitrogen and oxygen atoms in total. The van der Waals surface area contributed by atoms with Gasteiger partial charge in [-0.2, -0.15) is 5.10 Å². The van der Waals surface area contributed by atoms with Crippen molar-refractivity contribution >= 4 is 66.6 Å². The molecule has 1 N–H and O–H groups in total. The number of nitrogens with one attached hydrogen (secondary N) is 1. The highest BCUT2D eigenvalue weighted by Crippen LogP contribution is 2.33. The number of furan rings is 1. The van der Waals surface area contributed by atoms with E-state index < -0.39 is 5.91 Å². The third-order valence-electron chi connectivity index (χ3n) is 3.71. The van der Waals surface area contributed by atoms with Gasteiger partial charge in [-0.25, -0.2) is 5.43 Å². The van der Waals surface area contributed by atoms with Gasteiger partial charge in [-0.15, -0.1) is 0 Å². The van der Waals surface area contributed by atoms with Crippen LogP contribution in [0.5, 0.6) is 11.5 Å². The minimum Gasteiger partial charge on any atom is -0.493 e. The Morgan fingerprint density at radius 1 is 1.25 bits per heavy atom. The van der Waals surface area contributed by atoms with Crippen molar-refractivity contribution in [3.05, 3.63) is 55.6 Å². The Balaban J connectivity index is 1.78. The number of amides is 1.